The fraction of sp³-hybridized carbons (Fsp3) is 0.765. The lowest BCUT2D eigenvalue weighted by atomic mass is 10.0. The molecule has 1 saturated heterocycles. The van der Waals surface area contributed by atoms with E-state index < -0.39 is 0 Å². The van der Waals surface area contributed by atoms with Gasteiger partial charge in [-0.1, -0.05) is 0 Å². The number of carbonyl (C=O) groups excluding carboxylic acids is 1. The van der Waals surface area contributed by atoms with E-state index in [9.17, 15) is 4.79 Å². The van der Waals surface area contributed by atoms with E-state index in [-0.39, 0.29) is 11.9 Å². The largest absolute Gasteiger partial charge is 0.481 e. The lowest BCUT2D eigenvalue weighted by Gasteiger charge is -2.25. The molecule has 1 aromatic rings. The highest BCUT2D eigenvalue weighted by Gasteiger charge is 2.34. The van der Waals surface area contributed by atoms with Gasteiger partial charge in [0.15, 0.2) is 0 Å². The van der Waals surface area contributed by atoms with E-state index in [1.54, 1.807) is 11.8 Å². The van der Waals surface area contributed by atoms with Gasteiger partial charge in [0, 0.05) is 19.1 Å². The number of nitrogens with zero attached hydrogens (tertiary/aromatic N) is 3. The number of aryl methyl sites for hydroxylation is 2. The SMILES string of the molecule is COc1c([C@@H]2CCCN2CC(=O)N[C@@H](C)C2CC2)c(C)nn1C. The van der Waals surface area contributed by atoms with Crippen molar-refractivity contribution < 1.29 is 9.53 Å². The topological polar surface area (TPSA) is 59.4 Å². The highest BCUT2D eigenvalue weighted by molar-refractivity contribution is 5.78. The molecule has 0 unspecified atom stereocenters. The summed E-state index contributed by atoms with van der Waals surface area (Å²) >= 11 is 0. The fourth-order valence-electron chi connectivity index (χ4n) is 3.82. The molecular weight excluding hydrogens is 292 g/mol. The normalized spacial score (nSPS) is 23.0. The minimum Gasteiger partial charge on any atom is -0.481 e. The Bertz CT molecular complexity index is 579. The molecule has 0 aromatic carbocycles. The van der Waals surface area contributed by atoms with Crippen LogP contribution in [0.5, 0.6) is 5.88 Å². The molecule has 2 heterocycles. The van der Waals surface area contributed by atoms with Crippen molar-refractivity contribution in [3.8, 4) is 5.88 Å². The number of likely N-dealkylation sites (tertiary alicyclic amines) is 1. The summed E-state index contributed by atoms with van der Waals surface area (Å²) in [5.74, 6) is 1.64. The Balaban J connectivity index is 1.69. The van der Waals surface area contributed by atoms with Crippen molar-refractivity contribution in [1.29, 1.82) is 0 Å². The van der Waals surface area contributed by atoms with Crippen LogP contribution in [0.3, 0.4) is 0 Å². The van der Waals surface area contributed by atoms with E-state index >= 15 is 0 Å². The molecule has 1 aliphatic carbocycles. The summed E-state index contributed by atoms with van der Waals surface area (Å²) in [6.45, 7) is 5.54. The van der Waals surface area contributed by atoms with Crippen molar-refractivity contribution in [3.63, 3.8) is 0 Å². The van der Waals surface area contributed by atoms with Crippen LogP contribution in [0.1, 0.15) is 49.9 Å². The maximum Gasteiger partial charge on any atom is 0.234 e. The zero-order chi connectivity index (χ0) is 16.6. The number of ether oxygens (including phenoxy) is 1. The fourth-order valence-corrected chi connectivity index (χ4v) is 3.82. The number of methoxy groups -OCH3 is 1. The van der Waals surface area contributed by atoms with Crippen LogP contribution in [-0.4, -0.2) is 46.8 Å². The van der Waals surface area contributed by atoms with Gasteiger partial charge in [-0.2, -0.15) is 5.10 Å². The zero-order valence-corrected chi connectivity index (χ0v) is 14.6. The second-order valence-electron chi connectivity index (χ2n) is 6.95. The van der Waals surface area contributed by atoms with Crippen LogP contribution in [0, 0.1) is 12.8 Å². The number of rotatable bonds is 6. The lowest BCUT2D eigenvalue weighted by molar-refractivity contribution is -0.123. The van der Waals surface area contributed by atoms with Gasteiger partial charge in [0.25, 0.3) is 0 Å². The summed E-state index contributed by atoms with van der Waals surface area (Å²) in [4.78, 5) is 14.6. The Morgan fingerprint density at radius 3 is 2.83 bits per heavy atom. The Morgan fingerprint density at radius 1 is 1.43 bits per heavy atom. The molecule has 2 atom stereocenters. The van der Waals surface area contributed by atoms with E-state index in [0.717, 1.165) is 36.5 Å². The van der Waals surface area contributed by atoms with Gasteiger partial charge in [0.1, 0.15) is 0 Å². The number of hydrogen-bond donors (Lipinski definition) is 1. The Morgan fingerprint density at radius 2 is 2.17 bits per heavy atom. The van der Waals surface area contributed by atoms with E-state index in [1.807, 2.05) is 14.0 Å². The highest BCUT2D eigenvalue weighted by Crippen LogP contribution is 2.38. The van der Waals surface area contributed by atoms with Crippen molar-refractivity contribution in [2.45, 2.75) is 51.6 Å². The van der Waals surface area contributed by atoms with E-state index in [0.29, 0.717) is 18.5 Å². The molecule has 0 bridgehead atoms. The second kappa shape index (κ2) is 6.51. The van der Waals surface area contributed by atoms with Crippen LogP contribution < -0.4 is 10.1 Å². The van der Waals surface area contributed by atoms with Gasteiger partial charge in [-0.15, -0.1) is 0 Å². The quantitative estimate of drug-likeness (QED) is 0.868. The average molecular weight is 320 g/mol. The summed E-state index contributed by atoms with van der Waals surface area (Å²) in [6.07, 6.45) is 4.65. The van der Waals surface area contributed by atoms with Gasteiger partial charge in [-0.05, 0) is 52.0 Å². The van der Waals surface area contributed by atoms with Crippen molar-refractivity contribution in [1.82, 2.24) is 20.0 Å². The van der Waals surface area contributed by atoms with E-state index in [4.69, 9.17) is 4.74 Å². The molecule has 0 spiro atoms. The van der Waals surface area contributed by atoms with Gasteiger partial charge in [-0.25, -0.2) is 4.68 Å². The molecule has 128 valence electrons. The first kappa shape index (κ1) is 16.3. The number of carbonyl (C=O) groups is 1. The third-order valence-electron chi connectivity index (χ3n) is 5.17. The van der Waals surface area contributed by atoms with Crippen LogP contribution in [-0.2, 0) is 11.8 Å². The molecule has 1 saturated carbocycles. The van der Waals surface area contributed by atoms with E-state index in [1.165, 1.54) is 12.8 Å². The smallest absolute Gasteiger partial charge is 0.234 e. The maximum atomic E-state index is 12.4. The summed E-state index contributed by atoms with van der Waals surface area (Å²) in [6, 6.07) is 0.527. The van der Waals surface area contributed by atoms with E-state index in [2.05, 4.69) is 22.2 Å². The summed E-state index contributed by atoms with van der Waals surface area (Å²) in [7, 11) is 3.59. The Kier molecular flexibility index (Phi) is 4.62. The number of amides is 1. The standard InChI is InChI=1S/C17H28N4O2/c1-11(13-7-8-13)18-15(22)10-21-9-5-6-14(21)16-12(2)19-20(3)17(16)23-4/h11,13-14H,5-10H2,1-4H3,(H,18,22)/t11-,14-/m0/s1. The third kappa shape index (κ3) is 3.37. The molecular formula is C17H28N4O2. The second-order valence-corrected chi connectivity index (χ2v) is 6.95. The molecule has 1 amide bonds. The Labute approximate surface area is 138 Å². The van der Waals surface area contributed by atoms with Crippen molar-refractivity contribution in [2.75, 3.05) is 20.2 Å². The highest BCUT2D eigenvalue weighted by atomic mass is 16.5. The summed E-state index contributed by atoms with van der Waals surface area (Å²) < 4.78 is 7.33. The molecule has 6 heteroatoms. The predicted molar refractivity (Wildman–Crippen MR) is 88.4 cm³/mol. The number of hydrogen-bond acceptors (Lipinski definition) is 4. The van der Waals surface area contributed by atoms with Crippen molar-refractivity contribution in [2.24, 2.45) is 13.0 Å². The first-order valence-electron chi connectivity index (χ1n) is 8.62. The molecule has 1 aliphatic heterocycles. The maximum absolute atomic E-state index is 12.4. The minimum atomic E-state index is 0.136. The van der Waals surface area contributed by atoms with Crippen LogP contribution in [0.15, 0.2) is 0 Å². The first-order valence-corrected chi connectivity index (χ1v) is 8.62. The molecule has 0 radical (unpaired) electrons. The average Bonchev–Trinajstić information content (AvgIpc) is 3.19. The number of aromatic nitrogens is 2. The minimum absolute atomic E-state index is 0.136. The first-order chi connectivity index (χ1) is 11.0. The predicted octanol–water partition coefficient (Wildman–Crippen LogP) is 1.79. The Hall–Kier alpha value is -1.56. The third-order valence-corrected chi connectivity index (χ3v) is 5.17. The van der Waals surface area contributed by atoms with Gasteiger partial charge < -0.3 is 10.1 Å². The molecule has 2 aliphatic rings. The van der Waals surface area contributed by atoms with Gasteiger partial charge in [0.05, 0.1) is 24.9 Å². The zero-order valence-electron chi connectivity index (χ0n) is 14.6. The summed E-state index contributed by atoms with van der Waals surface area (Å²) in [5.41, 5.74) is 2.13. The van der Waals surface area contributed by atoms with Crippen LogP contribution >= 0.6 is 0 Å². The molecule has 3 rings (SSSR count). The van der Waals surface area contributed by atoms with Gasteiger partial charge >= 0.3 is 0 Å². The molecule has 1 aromatic heterocycles. The molecule has 1 N–H and O–H groups in total. The molecule has 6 nitrogen and oxygen atoms in total. The molecule has 2 fully saturated rings. The van der Waals surface area contributed by atoms with Gasteiger partial charge in [-0.3, -0.25) is 9.69 Å². The van der Waals surface area contributed by atoms with Crippen LogP contribution in [0.25, 0.3) is 0 Å². The number of nitrogens with one attached hydrogen (secondary N) is 1. The van der Waals surface area contributed by atoms with Gasteiger partial charge in [0.2, 0.25) is 11.8 Å². The summed E-state index contributed by atoms with van der Waals surface area (Å²) in [5, 5.41) is 7.64. The van der Waals surface area contributed by atoms with Crippen molar-refractivity contribution >= 4 is 5.91 Å². The van der Waals surface area contributed by atoms with Crippen LogP contribution in [0.4, 0.5) is 0 Å². The van der Waals surface area contributed by atoms with Crippen LogP contribution in [0.2, 0.25) is 0 Å². The molecule has 23 heavy (non-hydrogen) atoms. The monoisotopic (exact) mass is 320 g/mol. The lowest BCUT2D eigenvalue weighted by Crippen LogP contribution is -2.41. The van der Waals surface area contributed by atoms with Crippen molar-refractivity contribution in [3.05, 3.63) is 11.3 Å².